The Morgan fingerprint density at radius 3 is 2.78 bits per heavy atom. The summed E-state index contributed by atoms with van der Waals surface area (Å²) in [5.74, 6) is 0.531. The summed E-state index contributed by atoms with van der Waals surface area (Å²) in [6.07, 6.45) is 1.13. The smallest absolute Gasteiger partial charge is 0.255 e. The molecule has 1 aliphatic rings. The van der Waals surface area contributed by atoms with Gasteiger partial charge in [0.2, 0.25) is 0 Å². The van der Waals surface area contributed by atoms with Gasteiger partial charge < -0.3 is 10.6 Å². The first kappa shape index (κ1) is 13.1. The molecule has 2 N–H and O–H groups in total. The molecule has 2 rings (SSSR count). The molecule has 0 saturated carbocycles. The van der Waals surface area contributed by atoms with E-state index in [9.17, 15) is 4.79 Å². The molecule has 5 nitrogen and oxygen atoms in total. The third kappa shape index (κ3) is 2.41. The molecule has 100 valence electrons. The topological polar surface area (TPSA) is 59.0 Å². The largest absolute Gasteiger partial charge is 0.349 e. The minimum absolute atomic E-state index is 0.00231. The summed E-state index contributed by atoms with van der Waals surface area (Å²) in [6.45, 7) is 7.93. The van der Waals surface area contributed by atoms with Crippen molar-refractivity contribution in [2.24, 2.45) is 13.0 Å². The van der Waals surface area contributed by atoms with Crippen molar-refractivity contribution in [1.82, 2.24) is 20.4 Å². The summed E-state index contributed by atoms with van der Waals surface area (Å²) in [6, 6.07) is 0.200. The van der Waals surface area contributed by atoms with Gasteiger partial charge in [0, 0.05) is 18.8 Å². The molecule has 5 heteroatoms. The van der Waals surface area contributed by atoms with E-state index in [1.807, 2.05) is 20.9 Å². The number of hydrogen-bond donors (Lipinski definition) is 2. The van der Waals surface area contributed by atoms with Crippen LogP contribution in [0.15, 0.2) is 0 Å². The monoisotopic (exact) mass is 250 g/mol. The van der Waals surface area contributed by atoms with E-state index in [1.54, 1.807) is 4.68 Å². The maximum atomic E-state index is 12.3. The highest BCUT2D eigenvalue weighted by molar-refractivity contribution is 5.96. The number of aryl methyl sites for hydroxylation is 2. The molecule has 2 atom stereocenters. The Labute approximate surface area is 108 Å². The Morgan fingerprint density at radius 1 is 1.56 bits per heavy atom. The van der Waals surface area contributed by atoms with Gasteiger partial charge in [0.25, 0.3) is 5.91 Å². The molecule has 1 saturated heterocycles. The van der Waals surface area contributed by atoms with Crippen LogP contribution < -0.4 is 10.6 Å². The van der Waals surface area contributed by atoms with Gasteiger partial charge in [-0.3, -0.25) is 9.48 Å². The zero-order valence-corrected chi connectivity index (χ0v) is 11.6. The van der Waals surface area contributed by atoms with E-state index < -0.39 is 0 Å². The van der Waals surface area contributed by atoms with Gasteiger partial charge in [-0.05, 0) is 46.2 Å². The van der Waals surface area contributed by atoms with Crippen molar-refractivity contribution in [2.75, 3.05) is 13.1 Å². The van der Waals surface area contributed by atoms with E-state index in [-0.39, 0.29) is 11.9 Å². The maximum absolute atomic E-state index is 12.3. The average Bonchev–Trinajstić information content (AvgIpc) is 2.88. The highest BCUT2D eigenvalue weighted by Crippen LogP contribution is 2.15. The zero-order chi connectivity index (χ0) is 13.3. The van der Waals surface area contributed by atoms with Gasteiger partial charge in [0.1, 0.15) is 0 Å². The second-order valence-electron chi connectivity index (χ2n) is 5.18. The van der Waals surface area contributed by atoms with Crippen LogP contribution >= 0.6 is 0 Å². The normalized spacial score (nSPS) is 21.0. The van der Waals surface area contributed by atoms with Crippen molar-refractivity contribution in [3.8, 4) is 0 Å². The van der Waals surface area contributed by atoms with Gasteiger partial charge in [-0.15, -0.1) is 0 Å². The highest BCUT2D eigenvalue weighted by Gasteiger charge is 2.25. The van der Waals surface area contributed by atoms with E-state index in [1.165, 1.54) is 0 Å². The zero-order valence-electron chi connectivity index (χ0n) is 11.6. The minimum Gasteiger partial charge on any atom is -0.349 e. The number of carbonyl (C=O) groups excluding carboxylic acids is 1. The molecule has 18 heavy (non-hydrogen) atoms. The molecule has 0 bridgehead atoms. The van der Waals surface area contributed by atoms with Crippen LogP contribution in [-0.4, -0.2) is 34.8 Å². The highest BCUT2D eigenvalue weighted by atomic mass is 16.1. The lowest BCUT2D eigenvalue weighted by Crippen LogP contribution is -2.39. The molecule has 0 radical (unpaired) electrons. The summed E-state index contributed by atoms with van der Waals surface area (Å²) in [7, 11) is 1.86. The predicted octanol–water partition coefficient (Wildman–Crippen LogP) is 0.765. The van der Waals surface area contributed by atoms with Crippen LogP contribution in [0.1, 0.15) is 35.1 Å². The van der Waals surface area contributed by atoms with Crippen molar-refractivity contribution in [2.45, 2.75) is 33.2 Å². The summed E-state index contributed by atoms with van der Waals surface area (Å²) in [5.41, 5.74) is 2.43. The molecule has 1 aromatic rings. The Balaban J connectivity index is 2.07. The van der Waals surface area contributed by atoms with Crippen LogP contribution in [0.4, 0.5) is 0 Å². The Bertz CT molecular complexity index is 446. The number of nitrogens with zero attached hydrogens (tertiary/aromatic N) is 2. The lowest BCUT2D eigenvalue weighted by Gasteiger charge is -2.19. The van der Waals surface area contributed by atoms with Gasteiger partial charge in [-0.25, -0.2) is 0 Å². The summed E-state index contributed by atoms with van der Waals surface area (Å²) in [5, 5.41) is 10.7. The number of aromatic nitrogens is 2. The molecule has 0 aromatic carbocycles. The van der Waals surface area contributed by atoms with E-state index >= 15 is 0 Å². The van der Waals surface area contributed by atoms with Gasteiger partial charge >= 0.3 is 0 Å². The second-order valence-corrected chi connectivity index (χ2v) is 5.18. The molecule has 1 aliphatic heterocycles. The molecule has 1 fully saturated rings. The molecule has 0 aliphatic carbocycles. The molecular formula is C13H22N4O. The van der Waals surface area contributed by atoms with Crippen molar-refractivity contribution >= 4 is 5.91 Å². The fourth-order valence-electron chi connectivity index (χ4n) is 2.60. The van der Waals surface area contributed by atoms with Crippen molar-refractivity contribution in [3.05, 3.63) is 17.0 Å². The summed E-state index contributed by atoms with van der Waals surface area (Å²) >= 11 is 0. The molecule has 2 unspecified atom stereocenters. The number of amides is 1. The average molecular weight is 250 g/mol. The molecule has 1 amide bonds. The van der Waals surface area contributed by atoms with Crippen LogP contribution in [0.2, 0.25) is 0 Å². The van der Waals surface area contributed by atoms with Crippen LogP contribution in [0.25, 0.3) is 0 Å². The fourth-order valence-corrected chi connectivity index (χ4v) is 2.60. The van der Waals surface area contributed by atoms with Gasteiger partial charge in [0.15, 0.2) is 0 Å². The third-order valence-corrected chi connectivity index (χ3v) is 3.90. The molecule has 1 aromatic heterocycles. The quantitative estimate of drug-likeness (QED) is 0.833. The van der Waals surface area contributed by atoms with Crippen LogP contribution in [0.5, 0.6) is 0 Å². The van der Waals surface area contributed by atoms with Crippen molar-refractivity contribution in [3.63, 3.8) is 0 Å². The van der Waals surface area contributed by atoms with Crippen LogP contribution in [0.3, 0.4) is 0 Å². The number of rotatable bonds is 3. The van der Waals surface area contributed by atoms with Gasteiger partial charge in [-0.1, -0.05) is 0 Å². The fraction of sp³-hybridized carbons (Fsp3) is 0.692. The predicted molar refractivity (Wildman–Crippen MR) is 70.6 cm³/mol. The van der Waals surface area contributed by atoms with Gasteiger partial charge in [-0.2, -0.15) is 5.10 Å². The van der Waals surface area contributed by atoms with Gasteiger partial charge in [0.05, 0.1) is 11.3 Å². The van der Waals surface area contributed by atoms with E-state index in [0.29, 0.717) is 5.92 Å². The summed E-state index contributed by atoms with van der Waals surface area (Å²) < 4.78 is 1.76. The molecular weight excluding hydrogens is 228 g/mol. The SMILES string of the molecule is Cc1nn(C)c(C)c1C(=O)NC(C)C1CCNC1. The minimum atomic E-state index is -0.00231. The maximum Gasteiger partial charge on any atom is 0.255 e. The Hall–Kier alpha value is -1.36. The van der Waals surface area contributed by atoms with E-state index in [4.69, 9.17) is 0 Å². The summed E-state index contributed by atoms with van der Waals surface area (Å²) in [4.78, 5) is 12.3. The standard InChI is InChI=1S/C13H22N4O/c1-8(11-5-6-14-7-11)15-13(18)12-9(2)16-17(4)10(12)3/h8,11,14H,5-7H2,1-4H3,(H,15,18). The first-order chi connectivity index (χ1) is 8.50. The first-order valence-electron chi connectivity index (χ1n) is 6.52. The number of carbonyl (C=O) groups is 1. The van der Waals surface area contributed by atoms with E-state index in [2.05, 4.69) is 22.7 Å². The second kappa shape index (κ2) is 5.10. The number of hydrogen-bond acceptors (Lipinski definition) is 3. The lowest BCUT2D eigenvalue weighted by molar-refractivity contribution is 0.0927. The van der Waals surface area contributed by atoms with E-state index in [0.717, 1.165) is 36.5 Å². The Kier molecular flexibility index (Phi) is 3.71. The van der Waals surface area contributed by atoms with Crippen molar-refractivity contribution in [1.29, 1.82) is 0 Å². The van der Waals surface area contributed by atoms with Crippen LogP contribution in [0, 0.1) is 19.8 Å². The number of nitrogens with one attached hydrogen (secondary N) is 2. The molecule has 2 heterocycles. The van der Waals surface area contributed by atoms with Crippen LogP contribution in [-0.2, 0) is 7.05 Å². The van der Waals surface area contributed by atoms with Crippen molar-refractivity contribution < 1.29 is 4.79 Å². The third-order valence-electron chi connectivity index (χ3n) is 3.90. The first-order valence-corrected chi connectivity index (χ1v) is 6.52. The lowest BCUT2D eigenvalue weighted by atomic mass is 10.00. The Morgan fingerprint density at radius 2 is 2.28 bits per heavy atom. The molecule has 0 spiro atoms.